The lowest BCUT2D eigenvalue weighted by atomic mass is 9.88. The Morgan fingerprint density at radius 3 is 3.12 bits per heavy atom. The predicted octanol–water partition coefficient (Wildman–Crippen LogP) is 4.04. The third-order valence-corrected chi connectivity index (χ3v) is 6.26. The minimum Gasteiger partial charge on any atom is -0.360 e. The van der Waals surface area contributed by atoms with Crippen LogP contribution in [0, 0.1) is 0 Å². The van der Waals surface area contributed by atoms with Gasteiger partial charge in [0.05, 0.1) is 11.8 Å². The molecule has 0 spiro atoms. The molecule has 1 aromatic carbocycles. The van der Waals surface area contributed by atoms with Crippen LogP contribution in [0.5, 0.6) is 0 Å². The van der Waals surface area contributed by atoms with E-state index in [1.807, 2.05) is 6.07 Å². The van der Waals surface area contributed by atoms with Crippen molar-refractivity contribution >= 4 is 34.1 Å². The average molecular weight is 377 g/mol. The first-order chi connectivity index (χ1) is 12.3. The van der Waals surface area contributed by atoms with Crippen LogP contribution < -0.4 is 10.6 Å². The molecule has 3 rings (SSSR count). The van der Waals surface area contributed by atoms with E-state index in [1.165, 1.54) is 34.2 Å². The molecule has 1 aromatic heterocycles. The van der Waals surface area contributed by atoms with E-state index in [1.54, 1.807) is 0 Å². The molecule has 1 atom stereocenters. The Morgan fingerprint density at radius 1 is 1.36 bits per heavy atom. The lowest BCUT2D eigenvalue weighted by Gasteiger charge is -2.26. The van der Waals surface area contributed by atoms with E-state index in [4.69, 9.17) is 0 Å². The average Bonchev–Trinajstić information content (AvgIpc) is 3.08. The van der Waals surface area contributed by atoms with Crippen molar-refractivity contribution in [1.82, 2.24) is 15.5 Å². The molecule has 0 radical (unpaired) electrons. The van der Waals surface area contributed by atoms with Crippen molar-refractivity contribution in [1.29, 1.82) is 0 Å². The van der Waals surface area contributed by atoms with Gasteiger partial charge in [0.2, 0.25) is 11.0 Å². The van der Waals surface area contributed by atoms with Gasteiger partial charge in [-0.15, -0.1) is 10.2 Å². The maximum atomic E-state index is 12.3. The van der Waals surface area contributed by atoms with Gasteiger partial charge in [-0.05, 0) is 36.8 Å². The van der Waals surface area contributed by atoms with E-state index in [9.17, 15) is 4.79 Å². The first-order valence-corrected chi connectivity index (χ1v) is 10.6. The molecule has 0 aliphatic heterocycles. The zero-order chi connectivity index (χ0) is 17.5. The van der Waals surface area contributed by atoms with Gasteiger partial charge < -0.3 is 10.6 Å². The SMILES string of the molecule is CCCCNc1nnc(SCC(=O)NC2CCCc3ccccc32)s1. The summed E-state index contributed by atoms with van der Waals surface area (Å²) in [7, 11) is 0. The Balaban J connectivity index is 1.47. The number of carbonyl (C=O) groups excluding carboxylic acids is 1. The fraction of sp³-hybridized carbons (Fsp3) is 0.500. The van der Waals surface area contributed by atoms with Gasteiger partial charge in [-0.25, -0.2) is 0 Å². The molecule has 0 fully saturated rings. The monoisotopic (exact) mass is 376 g/mol. The number of amides is 1. The summed E-state index contributed by atoms with van der Waals surface area (Å²) < 4.78 is 0.832. The van der Waals surface area contributed by atoms with E-state index in [0.29, 0.717) is 5.75 Å². The van der Waals surface area contributed by atoms with E-state index in [2.05, 4.69) is 46.0 Å². The molecule has 1 aliphatic rings. The lowest BCUT2D eigenvalue weighted by molar-refractivity contribution is -0.119. The molecule has 134 valence electrons. The number of carbonyl (C=O) groups is 1. The normalized spacial score (nSPS) is 16.3. The maximum absolute atomic E-state index is 12.3. The summed E-state index contributed by atoms with van der Waals surface area (Å²) in [4.78, 5) is 12.3. The number of aryl methyl sites for hydroxylation is 1. The highest BCUT2D eigenvalue weighted by Gasteiger charge is 2.21. The second-order valence-corrected chi connectivity index (χ2v) is 8.35. The summed E-state index contributed by atoms with van der Waals surface area (Å²) in [5.41, 5.74) is 2.63. The Hall–Kier alpha value is -1.60. The summed E-state index contributed by atoms with van der Waals surface area (Å²) in [6.45, 7) is 3.07. The number of nitrogens with one attached hydrogen (secondary N) is 2. The van der Waals surface area contributed by atoms with Crippen LogP contribution in [0.25, 0.3) is 0 Å². The standard InChI is InChI=1S/C18H24N4OS2/c1-2-3-11-19-17-21-22-18(25-17)24-12-16(23)20-15-10-6-8-13-7-4-5-9-14(13)15/h4-5,7,9,15H,2-3,6,8,10-12H2,1H3,(H,19,21)(H,20,23). The number of hydrogen-bond donors (Lipinski definition) is 2. The quantitative estimate of drug-likeness (QED) is 0.538. The number of benzene rings is 1. The van der Waals surface area contributed by atoms with Gasteiger partial charge in [0.15, 0.2) is 4.34 Å². The van der Waals surface area contributed by atoms with E-state index < -0.39 is 0 Å². The number of fused-ring (bicyclic) bond motifs is 1. The first-order valence-electron chi connectivity index (χ1n) is 8.83. The number of thioether (sulfide) groups is 1. The van der Waals surface area contributed by atoms with Crippen LogP contribution in [-0.4, -0.2) is 28.4 Å². The molecule has 1 unspecified atom stereocenters. The lowest BCUT2D eigenvalue weighted by Crippen LogP contribution is -2.32. The highest BCUT2D eigenvalue weighted by molar-refractivity contribution is 8.01. The fourth-order valence-corrected chi connectivity index (χ4v) is 4.57. The first kappa shape index (κ1) is 18.2. The third kappa shape index (κ3) is 5.19. The van der Waals surface area contributed by atoms with E-state index >= 15 is 0 Å². The molecule has 0 bridgehead atoms. The van der Waals surface area contributed by atoms with Crippen molar-refractivity contribution in [3.05, 3.63) is 35.4 Å². The van der Waals surface area contributed by atoms with Gasteiger partial charge in [-0.2, -0.15) is 0 Å². The number of hydrogen-bond acceptors (Lipinski definition) is 6. The van der Waals surface area contributed by atoms with Gasteiger partial charge in [0.1, 0.15) is 0 Å². The highest BCUT2D eigenvalue weighted by atomic mass is 32.2. The number of rotatable bonds is 8. The molecule has 0 saturated heterocycles. The minimum absolute atomic E-state index is 0.0578. The number of anilines is 1. The van der Waals surface area contributed by atoms with E-state index in [-0.39, 0.29) is 11.9 Å². The summed E-state index contributed by atoms with van der Waals surface area (Å²) in [6, 6.07) is 8.55. The van der Waals surface area contributed by atoms with Crippen molar-refractivity contribution in [2.24, 2.45) is 0 Å². The van der Waals surface area contributed by atoms with Crippen LogP contribution >= 0.6 is 23.1 Å². The number of unbranched alkanes of at least 4 members (excludes halogenated alkanes) is 1. The number of nitrogens with zero attached hydrogens (tertiary/aromatic N) is 2. The van der Waals surface area contributed by atoms with Crippen LogP contribution in [0.4, 0.5) is 5.13 Å². The van der Waals surface area contributed by atoms with Gasteiger partial charge in [0.25, 0.3) is 0 Å². The Kier molecular flexibility index (Phi) is 6.69. The zero-order valence-corrected chi connectivity index (χ0v) is 16.1. The zero-order valence-electron chi connectivity index (χ0n) is 14.5. The van der Waals surface area contributed by atoms with Crippen LogP contribution in [0.1, 0.15) is 49.8 Å². The topological polar surface area (TPSA) is 66.9 Å². The molecule has 1 amide bonds. The molecular weight excluding hydrogens is 352 g/mol. The fourth-order valence-electron chi connectivity index (χ4n) is 2.98. The van der Waals surface area contributed by atoms with Crippen molar-refractivity contribution in [3.8, 4) is 0 Å². The van der Waals surface area contributed by atoms with Crippen molar-refractivity contribution < 1.29 is 4.79 Å². The van der Waals surface area contributed by atoms with Gasteiger partial charge in [0, 0.05) is 6.54 Å². The van der Waals surface area contributed by atoms with Crippen LogP contribution in [0.3, 0.4) is 0 Å². The summed E-state index contributed by atoms with van der Waals surface area (Å²) in [5.74, 6) is 0.435. The minimum atomic E-state index is 0.0578. The summed E-state index contributed by atoms with van der Waals surface area (Å²) in [5, 5.41) is 15.5. The van der Waals surface area contributed by atoms with Crippen LogP contribution in [-0.2, 0) is 11.2 Å². The number of aromatic nitrogens is 2. The van der Waals surface area contributed by atoms with Crippen molar-refractivity contribution in [2.45, 2.75) is 49.4 Å². The van der Waals surface area contributed by atoms with Gasteiger partial charge in [-0.3, -0.25) is 4.79 Å². The van der Waals surface area contributed by atoms with E-state index in [0.717, 1.165) is 48.1 Å². The molecule has 2 N–H and O–H groups in total. The largest absolute Gasteiger partial charge is 0.360 e. The van der Waals surface area contributed by atoms with Gasteiger partial charge in [-0.1, -0.05) is 60.7 Å². The molecule has 7 heteroatoms. The van der Waals surface area contributed by atoms with Crippen molar-refractivity contribution in [3.63, 3.8) is 0 Å². The molecular formula is C18H24N4OS2. The maximum Gasteiger partial charge on any atom is 0.230 e. The molecule has 5 nitrogen and oxygen atoms in total. The second-order valence-electron chi connectivity index (χ2n) is 6.15. The molecule has 1 aliphatic carbocycles. The van der Waals surface area contributed by atoms with Gasteiger partial charge >= 0.3 is 0 Å². The summed E-state index contributed by atoms with van der Waals surface area (Å²) in [6.07, 6.45) is 5.51. The smallest absolute Gasteiger partial charge is 0.230 e. The second kappa shape index (κ2) is 9.20. The Labute approximate surface area is 157 Å². The molecule has 2 aromatic rings. The van der Waals surface area contributed by atoms with Crippen LogP contribution in [0.2, 0.25) is 0 Å². The van der Waals surface area contributed by atoms with Crippen LogP contribution in [0.15, 0.2) is 28.6 Å². The highest BCUT2D eigenvalue weighted by Crippen LogP contribution is 2.30. The predicted molar refractivity (Wildman–Crippen MR) is 104 cm³/mol. The third-order valence-electron chi connectivity index (χ3n) is 4.24. The molecule has 0 saturated carbocycles. The Bertz CT molecular complexity index is 704. The molecule has 25 heavy (non-hydrogen) atoms. The Morgan fingerprint density at radius 2 is 2.24 bits per heavy atom. The van der Waals surface area contributed by atoms with Crippen molar-refractivity contribution in [2.75, 3.05) is 17.6 Å². The summed E-state index contributed by atoms with van der Waals surface area (Å²) >= 11 is 2.96. The molecule has 1 heterocycles.